The Bertz CT molecular complexity index is 516. The van der Waals surface area contributed by atoms with Crippen molar-refractivity contribution >= 4 is 11.6 Å². The highest BCUT2D eigenvalue weighted by molar-refractivity contribution is 5.95. The van der Waals surface area contributed by atoms with Crippen LogP contribution in [0.4, 0.5) is 18.9 Å². The molecule has 1 fully saturated rings. The van der Waals surface area contributed by atoms with E-state index in [9.17, 15) is 13.2 Å². The average Bonchev–Trinajstić information content (AvgIpc) is 2.96. The number of pyridine rings is 1. The number of halogens is 3. The fourth-order valence-electron chi connectivity index (χ4n) is 2.02. The van der Waals surface area contributed by atoms with Gasteiger partial charge in [0.05, 0.1) is 17.4 Å². The molecule has 9 heteroatoms. The van der Waals surface area contributed by atoms with Crippen molar-refractivity contribution in [3.05, 3.63) is 23.5 Å². The zero-order valence-corrected chi connectivity index (χ0v) is 11.0. The van der Waals surface area contributed by atoms with Gasteiger partial charge in [-0.05, 0) is 18.9 Å². The number of ether oxygens (including phenoxy) is 1. The van der Waals surface area contributed by atoms with Crippen molar-refractivity contribution in [3.8, 4) is 0 Å². The van der Waals surface area contributed by atoms with E-state index in [0.717, 1.165) is 18.9 Å². The number of alkyl halides is 3. The van der Waals surface area contributed by atoms with Crippen LogP contribution in [-0.4, -0.2) is 30.1 Å². The molecule has 1 unspecified atom stereocenters. The molecule has 4 N–H and O–H groups in total. The molecule has 21 heavy (non-hydrogen) atoms. The summed E-state index contributed by atoms with van der Waals surface area (Å²) in [4.78, 5) is 7.85. The molecule has 6 nitrogen and oxygen atoms in total. The number of rotatable bonds is 4. The summed E-state index contributed by atoms with van der Waals surface area (Å²) in [6.45, 7) is 0.968. The number of aromatic nitrogens is 1. The molecular weight excluding hydrogens is 289 g/mol. The fourth-order valence-corrected chi connectivity index (χ4v) is 2.02. The maximum atomic E-state index is 12.7. The van der Waals surface area contributed by atoms with E-state index in [1.54, 1.807) is 0 Å². The zero-order chi connectivity index (χ0) is 15.5. The predicted molar refractivity (Wildman–Crippen MR) is 68.8 cm³/mol. The van der Waals surface area contributed by atoms with Crippen molar-refractivity contribution < 1.29 is 22.7 Å². The summed E-state index contributed by atoms with van der Waals surface area (Å²) in [5.74, 6) is 4.36. The molecule has 0 bridgehead atoms. The van der Waals surface area contributed by atoms with Crippen LogP contribution in [0.15, 0.2) is 12.3 Å². The molecule has 1 aromatic rings. The molecular formula is C12H15F3N4O2. The highest BCUT2D eigenvalue weighted by Gasteiger charge is 2.32. The molecule has 2 heterocycles. The van der Waals surface area contributed by atoms with Gasteiger partial charge in [0.25, 0.3) is 5.90 Å². The Morgan fingerprint density at radius 1 is 1.57 bits per heavy atom. The van der Waals surface area contributed by atoms with Gasteiger partial charge in [-0.2, -0.15) is 19.1 Å². The molecule has 0 aromatic carbocycles. The first-order valence-electron chi connectivity index (χ1n) is 6.30. The standard InChI is InChI=1S/C12H15F3N4O2/c13-12(14,15)7-4-9(10(19-5-7)11(16)21-17)18-6-8-2-1-3-20-8/h4-5,8,16,18H,1-3,6,17H2. The lowest BCUT2D eigenvalue weighted by molar-refractivity contribution is -0.137. The first-order chi connectivity index (χ1) is 9.91. The van der Waals surface area contributed by atoms with E-state index in [1.165, 1.54) is 0 Å². The lowest BCUT2D eigenvalue weighted by Crippen LogP contribution is -2.22. The maximum Gasteiger partial charge on any atom is 0.417 e. The van der Waals surface area contributed by atoms with Crippen molar-refractivity contribution in [3.63, 3.8) is 0 Å². The van der Waals surface area contributed by atoms with Crippen molar-refractivity contribution in [2.75, 3.05) is 18.5 Å². The van der Waals surface area contributed by atoms with E-state index in [-0.39, 0.29) is 17.5 Å². The molecule has 0 amide bonds. The van der Waals surface area contributed by atoms with Crippen LogP contribution in [0.1, 0.15) is 24.1 Å². The van der Waals surface area contributed by atoms with Gasteiger partial charge in [-0.25, -0.2) is 4.98 Å². The number of hydrogen-bond acceptors (Lipinski definition) is 6. The average molecular weight is 304 g/mol. The second-order valence-corrected chi connectivity index (χ2v) is 4.58. The quantitative estimate of drug-likeness (QED) is 0.449. The third kappa shape index (κ3) is 3.82. The first-order valence-corrected chi connectivity index (χ1v) is 6.30. The highest BCUT2D eigenvalue weighted by atomic mass is 19.4. The van der Waals surface area contributed by atoms with Crippen molar-refractivity contribution in [1.82, 2.24) is 4.98 Å². The van der Waals surface area contributed by atoms with Crippen LogP contribution in [-0.2, 0) is 15.8 Å². The molecule has 1 aromatic heterocycles. The maximum absolute atomic E-state index is 12.7. The van der Waals surface area contributed by atoms with Crippen LogP contribution >= 0.6 is 0 Å². The molecule has 0 aliphatic carbocycles. The Morgan fingerprint density at radius 3 is 2.90 bits per heavy atom. The van der Waals surface area contributed by atoms with Gasteiger partial charge in [-0.1, -0.05) is 0 Å². The van der Waals surface area contributed by atoms with Gasteiger partial charge in [-0.15, -0.1) is 0 Å². The lowest BCUT2D eigenvalue weighted by Gasteiger charge is -2.16. The Kier molecular flexibility index (Phi) is 4.63. The minimum absolute atomic E-state index is 0.0378. The van der Waals surface area contributed by atoms with Gasteiger partial charge in [0.1, 0.15) is 5.69 Å². The molecule has 0 saturated carbocycles. The minimum atomic E-state index is -4.52. The number of hydrogen-bond donors (Lipinski definition) is 3. The van der Waals surface area contributed by atoms with Crippen molar-refractivity contribution in [2.45, 2.75) is 25.1 Å². The van der Waals surface area contributed by atoms with Crippen molar-refractivity contribution in [1.29, 1.82) is 5.41 Å². The Hall–Kier alpha value is -1.87. The minimum Gasteiger partial charge on any atom is -0.389 e. The predicted octanol–water partition coefficient (Wildman–Crippen LogP) is 1.91. The molecule has 1 atom stereocenters. The molecule has 116 valence electrons. The number of anilines is 1. The van der Waals surface area contributed by atoms with Gasteiger partial charge in [0.15, 0.2) is 0 Å². The van der Waals surface area contributed by atoms with Gasteiger partial charge in [-0.3, -0.25) is 5.41 Å². The van der Waals surface area contributed by atoms with Crippen LogP contribution in [0.5, 0.6) is 0 Å². The molecule has 1 aliphatic heterocycles. The van der Waals surface area contributed by atoms with E-state index in [0.29, 0.717) is 19.3 Å². The Morgan fingerprint density at radius 2 is 2.33 bits per heavy atom. The summed E-state index contributed by atoms with van der Waals surface area (Å²) < 4.78 is 43.5. The van der Waals surface area contributed by atoms with Crippen LogP contribution in [0.3, 0.4) is 0 Å². The van der Waals surface area contributed by atoms with Gasteiger partial charge < -0.3 is 14.9 Å². The monoisotopic (exact) mass is 304 g/mol. The molecule has 1 saturated heterocycles. The molecule has 2 rings (SSSR count). The smallest absolute Gasteiger partial charge is 0.389 e. The lowest BCUT2D eigenvalue weighted by atomic mass is 10.2. The zero-order valence-electron chi connectivity index (χ0n) is 11.0. The third-order valence-corrected chi connectivity index (χ3v) is 3.09. The van der Waals surface area contributed by atoms with E-state index in [1.807, 2.05) is 0 Å². The second kappa shape index (κ2) is 6.27. The topological polar surface area (TPSA) is 93.2 Å². The van der Waals surface area contributed by atoms with Crippen LogP contribution in [0.2, 0.25) is 0 Å². The van der Waals surface area contributed by atoms with Crippen LogP contribution in [0, 0.1) is 5.41 Å². The van der Waals surface area contributed by atoms with Crippen LogP contribution in [0.25, 0.3) is 0 Å². The van der Waals surface area contributed by atoms with Crippen LogP contribution < -0.4 is 11.2 Å². The summed E-state index contributed by atoms with van der Waals surface area (Å²) in [7, 11) is 0. The molecule has 1 aliphatic rings. The molecule has 0 radical (unpaired) electrons. The number of nitrogens with one attached hydrogen (secondary N) is 2. The largest absolute Gasteiger partial charge is 0.417 e. The Balaban J connectivity index is 2.22. The number of nitrogens with two attached hydrogens (primary N) is 1. The van der Waals surface area contributed by atoms with E-state index < -0.39 is 17.6 Å². The summed E-state index contributed by atoms with van der Waals surface area (Å²) in [5.41, 5.74) is -0.954. The van der Waals surface area contributed by atoms with E-state index in [4.69, 9.17) is 16.0 Å². The summed E-state index contributed by atoms with van der Waals surface area (Å²) in [6.07, 6.45) is -2.20. The SMILES string of the molecule is N=C(ON)c1ncc(C(F)(F)F)cc1NCC1CCCO1. The summed E-state index contributed by atoms with van der Waals surface area (Å²) in [5, 5.41) is 10.3. The second-order valence-electron chi connectivity index (χ2n) is 4.58. The van der Waals surface area contributed by atoms with Gasteiger partial charge in [0.2, 0.25) is 0 Å². The van der Waals surface area contributed by atoms with Crippen molar-refractivity contribution in [2.24, 2.45) is 5.90 Å². The fraction of sp³-hybridized carbons (Fsp3) is 0.500. The third-order valence-electron chi connectivity index (χ3n) is 3.09. The van der Waals surface area contributed by atoms with E-state index in [2.05, 4.69) is 15.1 Å². The summed E-state index contributed by atoms with van der Waals surface area (Å²) >= 11 is 0. The molecule has 0 spiro atoms. The van der Waals surface area contributed by atoms with Gasteiger partial charge in [0, 0.05) is 19.3 Å². The van der Waals surface area contributed by atoms with E-state index >= 15 is 0 Å². The van der Waals surface area contributed by atoms with Gasteiger partial charge >= 0.3 is 6.18 Å². The Labute approximate surface area is 118 Å². The first kappa shape index (κ1) is 15.5. The highest BCUT2D eigenvalue weighted by Crippen LogP contribution is 2.31. The number of nitrogens with zero attached hydrogens (tertiary/aromatic N) is 1. The summed E-state index contributed by atoms with van der Waals surface area (Å²) in [6, 6.07) is 0.880. The normalized spacial score (nSPS) is 18.6.